The van der Waals surface area contributed by atoms with Gasteiger partial charge in [-0.2, -0.15) is 5.26 Å². The lowest BCUT2D eigenvalue weighted by atomic mass is 9.76. The number of hydrogen-bond donors (Lipinski definition) is 2. The van der Waals surface area contributed by atoms with Crippen molar-refractivity contribution in [3.05, 3.63) is 35.4 Å². The SMILES string of the molecule is CC(C)(NC(=O)c1ccc(C#N)cc1)C(CC1CCCCC1)C(=O)O. The second kappa shape index (κ2) is 8.15. The largest absolute Gasteiger partial charge is 0.481 e. The maximum absolute atomic E-state index is 12.5. The van der Waals surface area contributed by atoms with Crippen LogP contribution in [0.3, 0.4) is 0 Å². The summed E-state index contributed by atoms with van der Waals surface area (Å²) in [4.78, 5) is 24.3. The molecule has 1 aromatic rings. The first kappa shape index (κ1) is 19.0. The summed E-state index contributed by atoms with van der Waals surface area (Å²) in [6.07, 6.45) is 6.29. The van der Waals surface area contributed by atoms with Gasteiger partial charge >= 0.3 is 5.97 Å². The minimum absolute atomic E-state index is 0.315. The van der Waals surface area contributed by atoms with Crippen molar-refractivity contribution in [3.63, 3.8) is 0 Å². The first-order valence-electron chi connectivity index (χ1n) is 8.89. The molecule has 0 radical (unpaired) electrons. The number of benzene rings is 1. The van der Waals surface area contributed by atoms with Crippen molar-refractivity contribution in [3.8, 4) is 6.07 Å². The fourth-order valence-corrected chi connectivity index (χ4v) is 3.61. The topological polar surface area (TPSA) is 90.2 Å². The second-order valence-electron chi connectivity index (χ2n) is 7.50. The lowest BCUT2D eigenvalue weighted by molar-refractivity contribution is -0.145. The van der Waals surface area contributed by atoms with Crippen molar-refractivity contribution < 1.29 is 14.7 Å². The summed E-state index contributed by atoms with van der Waals surface area (Å²) >= 11 is 0. The number of aliphatic carboxylic acids is 1. The van der Waals surface area contributed by atoms with E-state index in [4.69, 9.17) is 5.26 Å². The molecule has 1 atom stereocenters. The Bertz CT molecular complexity index is 653. The van der Waals surface area contributed by atoms with Crippen molar-refractivity contribution in [2.24, 2.45) is 11.8 Å². The molecule has 1 unspecified atom stereocenters. The van der Waals surface area contributed by atoms with Gasteiger partial charge < -0.3 is 10.4 Å². The van der Waals surface area contributed by atoms with E-state index in [1.807, 2.05) is 6.07 Å². The smallest absolute Gasteiger partial charge is 0.308 e. The maximum atomic E-state index is 12.5. The monoisotopic (exact) mass is 342 g/mol. The molecule has 0 spiro atoms. The summed E-state index contributed by atoms with van der Waals surface area (Å²) < 4.78 is 0. The highest BCUT2D eigenvalue weighted by atomic mass is 16.4. The standard InChI is InChI=1S/C20H26N2O3/c1-20(2,17(19(24)25)12-14-6-4-3-5-7-14)22-18(23)16-10-8-15(13-21)9-11-16/h8-11,14,17H,3-7,12H2,1-2H3,(H,22,23)(H,24,25). The molecule has 0 heterocycles. The second-order valence-corrected chi connectivity index (χ2v) is 7.50. The first-order chi connectivity index (χ1) is 11.8. The van der Waals surface area contributed by atoms with Gasteiger partial charge in [-0.15, -0.1) is 0 Å². The predicted octanol–water partition coefficient (Wildman–Crippen LogP) is 3.74. The third-order valence-electron chi connectivity index (χ3n) is 5.17. The lowest BCUT2D eigenvalue weighted by Crippen LogP contribution is -2.52. The van der Waals surface area contributed by atoms with Gasteiger partial charge in [0.05, 0.1) is 17.6 Å². The molecule has 0 bridgehead atoms. The number of carbonyl (C=O) groups is 2. The molecular formula is C20H26N2O3. The molecule has 1 fully saturated rings. The molecule has 1 saturated carbocycles. The van der Waals surface area contributed by atoms with Crippen LogP contribution in [0.5, 0.6) is 0 Å². The van der Waals surface area contributed by atoms with Gasteiger partial charge in [0.2, 0.25) is 0 Å². The molecule has 5 heteroatoms. The highest BCUT2D eigenvalue weighted by Crippen LogP contribution is 2.33. The maximum Gasteiger partial charge on any atom is 0.308 e. The lowest BCUT2D eigenvalue weighted by Gasteiger charge is -2.35. The van der Waals surface area contributed by atoms with Crippen LogP contribution < -0.4 is 5.32 Å². The molecule has 1 aromatic carbocycles. The van der Waals surface area contributed by atoms with E-state index in [0.717, 1.165) is 25.7 Å². The van der Waals surface area contributed by atoms with E-state index in [9.17, 15) is 14.7 Å². The fourth-order valence-electron chi connectivity index (χ4n) is 3.61. The Balaban J connectivity index is 2.08. The number of carboxylic acids is 1. The van der Waals surface area contributed by atoms with E-state index < -0.39 is 17.4 Å². The Hall–Kier alpha value is -2.35. The molecule has 1 aliphatic carbocycles. The molecule has 2 rings (SSSR count). The van der Waals surface area contributed by atoms with Crippen LogP contribution in [0.4, 0.5) is 0 Å². The first-order valence-corrected chi connectivity index (χ1v) is 8.89. The van der Waals surface area contributed by atoms with Crippen LogP contribution >= 0.6 is 0 Å². The molecule has 1 aliphatic rings. The predicted molar refractivity (Wildman–Crippen MR) is 95.0 cm³/mol. The third kappa shape index (κ3) is 5.06. The minimum Gasteiger partial charge on any atom is -0.481 e. The third-order valence-corrected chi connectivity index (χ3v) is 5.17. The zero-order valence-corrected chi connectivity index (χ0v) is 14.9. The Morgan fingerprint density at radius 2 is 1.84 bits per heavy atom. The number of rotatable bonds is 6. The van der Waals surface area contributed by atoms with Gasteiger partial charge in [-0.25, -0.2) is 0 Å². The molecular weight excluding hydrogens is 316 g/mol. The number of carbonyl (C=O) groups excluding carboxylic acids is 1. The van der Waals surface area contributed by atoms with Gasteiger partial charge in [-0.05, 0) is 50.5 Å². The zero-order chi connectivity index (χ0) is 18.4. The summed E-state index contributed by atoms with van der Waals surface area (Å²) in [6.45, 7) is 3.55. The summed E-state index contributed by atoms with van der Waals surface area (Å²) in [5.74, 6) is -1.39. The van der Waals surface area contributed by atoms with Crippen LogP contribution in [0.25, 0.3) is 0 Å². The van der Waals surface area contributed by atoms with E-state index >= 15 is 0 Å². The van der Waals surface area contributed by atoms with Crippen molar-refractivity contribution in [1.29, 1.82) is 5.26 Å². The highest BCUT2D eigenvalue weighted by molar-refractivity contribution is 5.95. The van der Waals surface area contributed by atoms with Gasteiger partial charge in [0.25, 0.3) is 5.91 Å². The van der Waals surface area contributed by atoms with E-state index in [0.29, 0.717) is 23.5 Å². The number of carboxylic acid groups (broad SMARTS) is 1. The average molecular weight is 342 g/mol. The Morgan fingerprint density at radius 1 is 1.24 bits per heavy atom. The van der Waals surface area contributed by atoms with Gasteiger partial charge in [0.15, 0.2) is 0 Å². The summed E-state index contributed by atoms with van der Waals surface area (Å²) in [5, 5.41) is 21.4. The molecule has 2 N–H and O–H groups in total. The molecule has 134 valence electrons. The van der Waals surface area contributed by atoms with Crippen LogP contribution in [-0.2, 0) is 4.79 Å². The summed E-state index contributed by atoms with van der Waals surface area (Å²) in [7, 11) is 0. The fraction of sp³-hybridized carbons (Fsp3) is 0.550. The van der Waals surface area contributed by atoms with Gasteiger partial charge in [0, 0.05) is 11.1 Å². The van der Waals surface area contributed by atoms with E-state index in [1.54, 1.807) is 38.1 Å². The van der Waals surface area contributed by atoms with Crippen molar-refractivity contribution in [2.75, 3.05) is 0 Å². The number of nitriles is 1. The number of nitrogens with zero attached hydrogens (tertiary/aromatic N) is 1. The van der Waals surface area contributed by atoms with Crippen LogP contribution in [0.15, 0.2) is 24.3 Å². The molecule has 5 nitrogen and oxygen atoms in total. The molecule has 0 aromatic heterocycles. The quantitative estimate of drug-likeness (QED) is 0.824. The minimum atomic E-state index is -0.865. The molecule has 0 aliphatic heterocycles. The summed E-state index contributed by atoms with van der Waals surface area (Å²) in [5.41, 5.74) is 0.0549. The van der Waals surface area contributed by atoms with Crippen molar-refractivity contribution in [1.82, 2.24) is 5.32 Å². The molecule has 25 heavy (non-hydrogen) atoms. The van der Waals surface area contributed by atoms with E-state index in [2.05, 4.69) is 5.32 Å². The number of hydrogen-bond acceptors (Lipinski definition) is 3. The normalized spacial score (nSPS) is 16.7. The molecule has 0 saturated heterocycles. The van der Waals surface area contributed by atoms with Crippen LogP contribution in [0.2, 0.25) is 0 Å². The average Bonchev–Trinajstić information content (AvgIpc) is 2.60. The summed E-state index contributed by atoms with van der Waals surface area (Å²) in [6, 6.07) is 8.34. The van der Waals surface area contributed by atoms with Crippen LogP contribution in [0.1, 0.15) is 68.3 Å². The van der Waals surface area contributed by atoms with Gasteiger partial charge in [-0.1, -0.05) is 32.1 Å². The zero-order valence-electron chi connectivity index (χ0n) is 14.9. The van der Waals surface area contributed by atoms with Crippen LogP contribution in [-0.4, -0.2) is 22.5 Å². The van der Waals surface area contributed by atoms with Crippen molar-refractivity contribution >= 4 is 11.9 Å². The highest BCUT2D eigenvalue weighted by Gasteiger charge is 2.38. The molecule has 1 amide bonds. The van der Waals surface area contributed by atoms with Crippen molar-refractivity contribution in [2.45, 2.75) is 57.9 Å². The number of amides is 1. The Kier molecular flexibility index (Phi) is 6.19. The Morgan fingerprint density at radius 3 is 2.36 bits per heavy atom. The van der Waals surface area contributed by atoms with E-state index in [-0.39, 0.29) is 5.91 Å². The number of nitrogens with one attached hydrogen (secondary N) is 1. The van der Waals surface area contributed by atoms with Gasteiger partial charge in [-0.3, -0.25) is 9.59 Å². The van der Waals surface area contributed by atoms with Gasteiger partial charge in [0.1, 0.15) is 0 Å². The van der Waals surface area contributed by atoms with Crippen LogP contribution in [0, 0.1) is 23.2 Å². The Labute approximate surface area is 149 Å². The van der Waals surface area contributed by atoms with E-state index in [1.165, 1.54) is 6.42 Å².